The molecule has 1 saturated heterocycles. The van der Waals surface area contributed by atoms with E-state index in [2.05, 4.69) is 0 Å². The van der Waals surface area contributed by atoms with Gasteiger partial charge >= 0.3 is 0 Å². The Balaban J connectivity index is 2.18. The Morgan fingerprint density at radius 3 is 2.88 bits per heavy atom. The van der Waals surface area contributed by atoms with Gasteiger partial charge in [0, 0.05) is 18.7 Å². The number of hydrogen-bond acceptors (Lipinski definition) is 2. The zero-order valence-corrected chi connectivity index (χ0v) is 9.25. The molecular weight excluding hydrogens is 233 g/mol. The van der Waals surface area contributed by atoms with Crippen LogP contribution in [-0.4, -0.2) is 35.1 Å². The molecule has 0 aromatic heterocycles. The van der Waals surface area contributed by atoms with E-state index in [9.17, 15) is 14.3 Å². The highest BCUT2D eigenvalue weighted by atomic mass is 35.5. The molecule has 5 heteroatoms. The van der Waals surface area contributed by atoms with Crippen molar-refractivity contribution >= 4 is 17.5 Å². The molecule has 86 valence electrons. The van der Waals surface area contributed by atoms with Crippen molar-refractivity contribution in [1.29, 1.82) is 0 Å². The molecule has 16 heavy (non-hydrogen) atoms. The average Bonchev–Trinajstić information content (AvgIpc) is 2.68. The monoisotopic (exact) mass is 243 g/mol. The van der Waals surface area contributed by atoms with Gasteiger partial charge in [0.15, 0.2) is 0 Å². The second kappa shape index (κ2) is 4.39. The first kappa shape index (κ1) is 11.4. The first-order chi connectivity index (χ1) is 7.58. The Labute approximate surface area is 97.4 Å². The van der Waals surface area contributed by atoms with Crippen molar-refractivity contribution in [2.75, 3.05) is 13.1 Å². The Hall–Kier alpha value is -1.13. The Morgan fingerprint density at radius 1 is 1.56 bits per heavy atom. The SMILES string of the molecule is O=C(c1ccc(Cl)c(F)c1)N1CCC(O)C1. The van der Waals surface area contributed by atoms with Crippen LogP contribution in [0, 0.1) is 5.82 Å². The molecule has 1 aromatic rings. The van der Waals surface area contributed by atoms with Crippen LogP contribution in [0.1, 0.15) is 16.8 Å². The number of amides is 1. The molecule has 1 aromatic carbocycles. The van der Waals surface area contributed by atoms with Crippen molar-refractivity contribution < 1.29 is 14.3 Å². The van der Waals surface area contributed by atoms with E-state index < -0.39 is 11.9 Å². The smallest absolute Gasteiger partial charge is 0.254 e. The van der Waals surface area contributed by atoms with Gasteiger partial charge in [0.2, 0.25) is 0 Å². The summed E-state index contributed by atoms with van der Waals surface area (Å²) in [4.78, 5) is 13.4. The number of halogens is 2. The van der Waals surface area contributed by atoms with Crippen LogP contribution in [0.15, 0.2) is 18.2 Å². The number of carbonyl (C=O) groups excluding carboxylic acids is 1. The van der Waals surface area contributed by atoms with E-state index in [0.717, 1.165) is 6.07 Å². The van der Waals surface area contributed by atoms with Crippen molar-refractivity contribution in [2.45, 2.75) is 12.5 Å². The van der Waals surface area contributed by atoms with Crippen LogP contribution in [-0.2, 0) is 0 Å². The number of β-amino-alcohol motifs (C(OH)–C–C–N with tert-alkyl or cyclic N) is 1. The fraction of sp³-hybridized carbons (Fsp3) is 0.364. The third-order valence-corrected chi connectivity index (χ3v) is 2.92. The van der Waals surface area contributed by atoms with Crippen molar-refractivity contribution in [2.24, 2.45) is 0 Å². The predicted octanol–water partition coefficient (Wildman–Crippen LogP) is 1.69. The van der Waals surface area contributed by atoms with Crippen LogP contribution < -0.4 is 0 Å². The summed E-state index contributed by atoms with van der Waals surface area (Å²) in [6.07, 6.45) is 0.100. The Bertz CT molecular complexity index is 424. The van der Waals surface area contributed by atoms with Gasteiger partial charge in [-0.2, -0.15) is 0 Å². The number of rotatable bonds is 1. The number of carbonyl (C=O) groups is 1. The average molecular weight is 244 g/mol. The number of aliphatic hydroxyl groups is 1. The lowest BCUT2D eigenvalue weighted by molar-refractivity contribution is 0.0764. The molecular formula is C11H11ClFNO2. The third-order valence-electron chi connectivity index (χ3n) is 2.62. The molecule has 0 radical (unpaired) electrons. The molecule has 0 bridgehead atoms. The Morgan fingerprint density at radius 2 is 2.31 bits per heavy atom. The number of hydrogen-bond donors (Lipinski definition) is 1. The summed E-state index contributed by atoms with van der Waals surface area (Å²) in [7, 11) is 0. The quantitative estimate of drug-likeness (QED) is 0.815. The number of aliphatic hydroxyl groups excluding tert-OH is 1. The van der Waals surface area contributed by atoms with Gasteiger partial charge in [-0.15, -0.1) is 0 Å². The molecule has 1 heterocycles. The minimum atomic E-state index is -0.604. The second-order valence-electron chi connectivity index (χ2n) is 3.82. The molecule has 1 N–H and O–H groups in total. The van der Waals surface area contributed by atoms with E-state index in [1.165, 1.54) is 17.0 Å². The van der Waals surface area contributed by atoms with Gasteiger partial charge in [-0.1, -0.05) is 11.6 Å². The summed E-state index contributed by atoms with van der Waals surface area (Å²) >= 11 is 5.53. The highest BCUT2D eigenvalue weighted by Crippen LogP contribution is 2.18. The molecule has 2 rings (SSSR count). The number of benzene rings is 1. The first-order valence-electron chi connectivity index (χ1n) is 5.00. The van der Waals surface area contributed by atoms with Crippen LogP contribution in [0.5, 0.6) is 0 Å². The molecule has 0 aliphatic carbocycles. The van der Waals surface area contributed by atoms with Gasteiger partial charge in [-0.3, -0.25) is 4.79 Å². The van der Waals surface area contributed by atoms with Crippen LogP contribution in [0.2, 0.25) is 5.02 Å². The summed E-state index contributed by atoms with van der Waals surface area (Å²) in [5.41, 5.74) is 0.260. The van der Waals surface area contributed by atoms with Crippen LogP contribution in [0.3, 0.4) is 0 Å². The Kier molecular flexibility index (Phi) is 3.12. The van der Waals surface area contributed by atoms with Gasteiger partial charge < -0.3 is 10.0 Å². The van der Waals surface area contributed by atoms with Crippen LogP contribution >= 0.6 is 11.6 Å². The maximum atomic E-state index is 13.2. The highest BCUT2D eigenvalue weighted by Gasteiger charge is 2.25. The van der Waals surface area contributed by atoms with Gasteiger partial charge in [0.1, 0.15) is 5.82 Å². The van der Waals surface area contributed by atoms with E-state index in [0.29, 0.717) is 19.5 Å². The standard InChI is InChI=1S/C11H11ClFNO2/c12-9-2-1-7(5-10(9)13)11(16)14-4-3-8(15)6-14/h1-2,5,8,15H,3-4,6H2. The maximum Gasteiger partial charge on any atom is 0.254 e. The summed E-state index contributed by atoms with van der Waals surface area (Å²) in [6.45, 7) is 0.813. The van der Waals surface area contributed by atoms with E-state index >= 15 is 0 Å². The molecule has 1 unspecified atom stereocenters. The van der Waals surface area contributed by atoms with E-state index in [-0.39, 0.29) is 16.5 Å². The number of likely N-dealkylation sites (tertiary alicyclic amines) is 1. The summed E-state index contributed by atoms with van der Waals surface area (Å²) in [5.74, 6) is -0.876. The fourth-order valence-corrected chi connectivity index (χ4v) is 1.86. The van der Waals surface area contributed by atoms with Gasteiger partial charge in [-0.05, 0) is 24.6 Å². The van der Waals surface area contributed by atoms with Crippen molar-refractivity contribution in [3.63, 3.8) is 0 Å². The van der Waals surface area contributed by atoms with Gasteiger partial charge in [0.05, 0.1) is 11.1 Å². The molecule has 1 amide bonds. The zero-order valence-electron chi connectivity index (χ0n) is 8.49. The highest BCUT2D eigenvalue weighted by molar-refractivity contribution is 6.30. The van der Waals surface area contributed by atoms with Crippen molar-refractivity contribution in [3.05, 3.63) is 34.6 Å². The van der Waals surface area contributed by atoms with E-state index in [1.54, 1.807) is 0 Å². The first-order valence-corrected chi connectivity index (χ1v) is 5.38. The molecule has 1 atom stereocenters. The van der Waals surface area contributed by atoms with Crippen LogP contribution in [0.25, 0.3) is 0 Å². The van der Waals surface area contributed by atoms with Crippen LogP contribution in [0.4, 0.5) is 4.39 Å². The number of nitrogens with zero attached hydrogens (tertiary/aromatic N) is 1. The summed E-state index contributed by atoms with van der Waals surface area (Å²) < 4.78 is 13.2. The van der Waals surface area contributed by atoms with E-state index in [1.807, 2.05) is 0 Å². The molecule has 3 nitrogen and oxygen atoms in total. The fourth-order valence-electron chi connectivity index (χ4n) is 1.74. The minimum Gasteiger partial charge on any atom is -0.391 e. The minimum absolute atomic E-state index is 0.00185. The molecule has 1 aliphatic heterocycles. The van der Waals surface area contributed by atoms with E-state index in [4.69, 9.17) is 11.6 Å². The largest absolute Gasteiger partial charge is 0.391 e. The summed E-state index contributed by atoms with van der Waals surface area (Å²) in [6, 6.07) is 3.96. The molecule has 0 saturated carbocycles. The summed E-state index contributed by atoms with van der Waals surface area (Å²) in [5, 5.41) is 9.30. The predicted molar refractivity (Wildman–Crippen MR) is 57.9 cm³/mol. The van der Waals surface area contributed by atoms with Crippen molar-refractivity contribution in [1.82, 2.24) is 4.90 Å². The zero-order chi connectivity index (χ0) is 11.7. The van der Waals surface area contributed by atoms with Gasteiger partial charge in [0.25, 0.3) is 5.91 Å². The van der Waals surface area contributed by atoms with Gasteiger partial charge in [-0.25, -0.2) is 4.39 Å². The maximum absolute atomic E-state index is 13.2. The molecule has 1 fully saturated rings. The topological polar surface area (TPSA) is 40.5 Å². The molecule has 0 spiro atoms. The lowest BCUT2D eigenvalue weighted by Gasteiger charge is -2.15. The lowest BCUT2D eigenvalue weighted by Crippen LogP contribution is -2.29. The van der Waals surface area contributed by atoms with Crippen molar-refractivity contribution in [3.8, 4) is 0 Å². The molecule has 1 aliphatic rings. The lowest BCUT2D eigenvalue weighted by atomic mass is 10.2. The third kappa shape index (κ3) is 2.18. The second-order valence-corrected chi connectivity index (χ2v) is 4.23. The normalized spacial score (nSPS) is 20.2.